The van der Waals surface area contributed by atoms with Gasteiger partial charge in [-0.15, -0.1) is 0 Å². The normalized spacial score (nSPS) is 10.7. The maximum absolute atomic E-state index is 8.86. The van der Waals surface area contributed by atoms with Gasteiger partial charge in [-0.25, -0.2) is 0 Å². The van der Waals surface area contributed by atoms with Crippen LogP contribution in [0.5, 0.6) is 11.5 Å². The molecule has 0 amide bonds. The van der Waals surface area contributed by atoms with E-state index in [1.165, 1.54) is 0 Å². The van der Waals surface area contributed by atoms with Crippen molar-refractivity contribution in [3.8, 4) is 11.5 Å². The molecule has 102 valence electrons. The molecule has 2 aromatic carbocycles. The lowest BCUT2D eigenvalue weighted by molar-refractivity contribution is 0.201. The third kappa shape index (κ3) is 3.16. The molecule has 0 atom stereocenters. The van der Waals surface area contributed by atoms with Crippen LogP contribution in [0.4, 0.5) is 0 Å². The van der Waals surface area contributed by atoms with Crippen molar-refractivity contribution in [3.63, 3.8) is 0 Å². The van der Waals surface area contributed by atoms with Crippen LogP contribution in [0.15, 0.2) is 30.3 Å². The van der Waals surface area contributed by atoms with Gasteiger partial charge in [0.1, 0.15) is 24.7 Å². The Morgan fingerprint density at radius 3 is 2.42 bits per heavy atom. The molecule has 0 spiro atoms. The van der Waals surface area contributed by atoms with Crippen molar-refractivity contribution in [1.29, 1.82) is 0 Å². The van der Waals surface area contributed by atoms with Gasteiger partial charge in [0.25, 0.3) is 0 Å². The molecule has 2 rings (SSSR count). The predicted molar refractivity (Wildman–Crippen MR) is 73.8 cm³/mol. The lowest BCUT2D eigenvalue weighted by Gasteiger charge is -2.12. The van der Waals surface area contributed by atoms with E-state index < -0.39 is 0 Å². The smallest absolute Gasteiger partial charge is 0.130 e. The Bertz CT molecular complexity index is 551. The molecular weight excluding hydrogens is 244 g/mol. The number of ether oxygens (including phenoxy) is 2. The topological polar surface area (TPSA) is 58.9 Å². The average Bonchev–Trinajstić information content (AvgIpc) is 2.44. The molecule has 0 aliphatic heterocycles. The van der Waals surface area contributed by atoms with Crippen LogP contribution < -0.4 is 9.47 Å². The Balaban J connectivity index is 2.36. The Labute approximate surface area is 112 Å². The van der Waals surface area contributed by atoms with E-state index in [0.717, 1.165) is 27.8 Å². The molecule has 0 fully saturated rings. The SMILES string of the molecule is Cc1ccc2cc(OCCO)ccc2c1OCCO. The second-order valence-corrected chi connectivity index (χ2v) is 4.24. The molecular formula is C15H18O4. The van der Waals surface area contributed by atoms with Crippen molar-refractivity contribution in [2.45, 2.75) is 6.92 Å². The highest BCUT2D eigenvalue weighted by molar-refractivity contribution is 5.90. The molecule has 0 aliphatic rings. The molecule has 4 nitrogen and oxygen atoms in total. The zero-order valence-electron chi connectivity index (χ0n) is 10.9. The summed E-state index contributed by atoms with van der Waals surface area (Å²) in [4.78, 5) is 0. The van der Waals surface area contributed by atoms with Gasteiger partial charge in [-0.2, -0.15) is 0 Å². The van der Waals surface area contributed by atoms with Crippen LogP contribution >= 0.6 is 0 Å². The van der Waals surface area contributed by atoms with Gasteiger partial charge in [-0.1, -0.05) is 12.1 Å². The summed E-state index contributed by atoms with van der Waals surface area (Å²) in [6, 6.07) is 9.67. The largest absolute Gasteiger partial charge is 0.491 e. The molecule has 4 heteroatoms. The van der Waals surface area contributed by atoms with Crippen molar-refractivity contribution < 1.29 is 19.7 Å². The minimum atomic E-state index is -0.00643. The van der Waals surface area contributed by atoms with Gasteiger partial charge in [0.15, 0.2) is 0 Å². The lowest BCUT2D eigenvalue weighted by atomic mass is 10.1. The van der Waals surface area contributed by atoms with Crippen molar-refractivity contribution in [1.82, 2.24) is 0 Å². The van der Waals surface area contributed by atoms with Crippen molar-refractivity contribution in [3.05, 3.63) is 35.9 Å². The molecule has 19 heavy (non-hydrogen) atoms. The number of hydrogen-bond donors (Lipinski definition) is 2. The molecule has 2 N–H and O–H groups in total. The quantitative estimate of drug-likeness (QED) is 0.834. The van der Waals surface area contributed by atoms with Crippen LogP contribution in [0.25, 0.3) is 10.8 Å². The lowest BCUT2D eigenvalue weighted by Crippen LogP contribution is -2.04. The van der Waals surface area contributed by atoms with E-state index in [9.17, 15) is 0 Å². The molecule has 0 saturated carbocycles. The van der Waals surface area contributed by atoms with Gasteiger partial charge >= 0.3 is 0 Å². The van der Waals surface area contributed by atoms with E-state index >= 15 is 0 Å². The Hall–Kier alpha value is -1.78. The van der Waals surface area contributed by atoms with Gasteiger partial charge in [-0.05, 0) is 36.1 Å². The van der Waals surface area contributed by atoms with Gasteiger partial charge < -0.3 is 19.7 Å². The summed E-state index contributed by atoms with van der Waals surface area (Å²) in [5.74, 6) is 1.51. The van der Waals surface area contributed by atoms with Crippen LogP contribution in [0, 0.1) is 6.92 Å². The number of aliphatic hydroxyl groups excluding tert-OH is 2. The van der Waals surface area contributed by atoms with Crippen molar-refractivity contribution in [2.24, 2.45) is 0 Å². The fourth-order valence-electron chi connectivity index (χ4n) is 1.98. The average molecular weight is 262 g/mol. The molecule has 0 unspecified atom stereocenters. The summed E-state index contributed by atoms with van der Waals surface area (Å²) < 4.78 is 11.0. The zero-order chi connectivity index (χ0) is 13.7. The van der Waals surface area contributed by atoms with E-state index in [4.69, 9.17) is 19.7 Å². The summed E-state index contributed by atoms with van der Waals surface area (Å²) in [7, 11) is 0. The van der Waals surface area contributed by atoms with Gasteiger partial charge in [0.2, 0.25) is 0 Å². The second-order valence-electron chi connectivity index (χ2n) is 4.24. The monoisotopic (exact) mass is 262 g/mol. The first-order valence-corrected chi connectivity index (χ1v) is 6.27. The van der Waals surface area contributed by atoms with Gasteiger partial charge in [-0.3, -0.25) is 0 Å². The summed E-state index contributed by atoms with van der Waals surface area (Å²) in [6.07, 6.45) is 0. The van der Waals surface area contributed by atoms with Crippen LogP contribution in [0.2, 0.25) is 0 Å². The van der Waals surface area contributed by atoms with E-state index in [2.05, 4.69) is 0 Å². The molecule has 0 heterocycles. The van der Waals surface area contributed by atoms with Crippen LogP contribution in [0.3, 0.4) is 0 Å². The zero-order valence-corrected chi connectivity index (χ0v) is 10.9. The highest BCUT2D eigenvalue weighted by atomic mass is 16.5. The third-order valence-electron chi connectivity index (χ3n) is 2.84. The Kier molecular flexibility index (Phi) is 4.60. The van der Waals surface area contributed by atoms with E-state index in [0.29, 0.717) is 0 Å². The standard InChI is InChI=1S/C15H18O4/c1-11-2-3-12-10-13(18-8-6-16)4-5-14(12)15(11)19-9-7-17/h2-5,10,16-17H,6-9H2,1H3. The predicted octanol–water partition coefficient (Wildman–Crippen LogP) is 1.89. The highest BCUT2D eigenvalue weighted by Gasteiger charge is 2.07. The van der Waals surface area contributed by atoms with Crippen LogP contribution in [-0.4, -0.2) is 36.6 Å². The van der Waals surface area contributed by atoms with Crippen LogP contribution in [-0.2, 0) is 0 Å². The first-order valence-electron chi connectivity index (χ1n) is 6.27. The molecule has 0 aliphatic carbocycles. The summed E-state index contributed by atoms with van der Waals surface area (Å²) in [5, 5.41) is 19.6. The molecule has 2 aromatic rings. The number of aryl methyl sites for hydroxylation is 1. The molecule has 0 aromatic heterocycles. The Morgan fingerprint density at radius 1 is 0.947 bits per heavy atom. The van der Waals surface area contributed by atoms with Gasteiger partial charge in [0, 0.05) is 5.39 Å². The summed E-state index contributed by atoms with van der Waals surface area (Å²) >= 11 is 0. The maximum Gasteiger partial charge on any atom is 0.130 e. The maximum atomic E-state index is 8.86. The first-order chi connectivity index (χ1) is 9.26. The second kappa shape index (κ2) is 6.41. The highest BCUT2D eigenvalue weighted by Crippen LogP contribution is 2.31. The number of aliphatic hydroxyl groups is 2. The molecule has 0 radical (unpaired) electrons. The van der Waals surface area contributed by atoms with Crippen LogP contribution in [0.1, 0.15) is 5.56 Å². The summed E-state index contributed by atoms with van der Waals surface area (Å²) in [5.41, 5.74) is 1.03. The molecule has 0 bridgehead atoms. The fraction of sp³-hybridized carbons (Fsp3) is 0.333. The van der Waals surface area contributed by atoms with E-state index in [1.54, 1.807) is 0 Å². The van der Waals surface area contributed by atoms with E-state index in [-0.39, 0.29) is 26.4 Å². The van der Waals surface area contributed by atoms with E-state index in [1.807, 2.05) is 37.3 Å². The third-order valence-corrected chi connectivity index (χ3v) is 2.84. The fourth-order valence-corrected chi connectivity index (χ4v) is 1.98. The van der Waals surface area contributed by atoms with Crippen molar-refractivity contribution in [2.75, 3.05) is 26.4 Å². The van der Waals surface area contributed by atoms with Crippen molar-refractivity contribution >= 4 is 10.8 Å². The van der Waals surface area contributed by atoms with Gasteiger partial charge in [0.05, 0.1) is 13.2 Å². The number of benzene rings is 2. The number of rotatable bonds is 6. The minimum absolute atomic E-state index is 0.00318. The summed E-state index contributed by atoms with van der Waals surface area (Å²) in [6.45, 7) is 2.53. The molecule has 0 saturated heterocycles. The Morgan fingerprint density at radius 2 is 1.68 bits per heavy atom. The minimum Gasteiger partial charge on any atom is -0.491 e. The number of fused-ring (bicyclic) bond motifs is 1. The number of hydrogen-bond acceptors (Lipinski definition) is 4. The first kappa shape index (κ1) is 13.6.